The van der Waals surface area contributed by atoms with Crippen LogP contribution < -0.4 is 0 Å². The second-order valence-electron chi connectivity index (χ2n) is 0.400. The van der Waals surface area contributed by atoms with E-state index in [4.69, 9.17) is 4.79 Å². The summed E-state index contributed by atoms with van der Waals surface area (Å²) in [6.45, 7) is 0. The van der Waals surface area contributed by atoms with Crippen molar-refractivity contribution in [1.29, 1.82) is 0 Å². The summed E-state index contributed by atoms with van der Waals surface area (Å²) in [5.41, 5.74) is 0. The van der Waals surface area contributed by atoms with Gasteiger partial charge in [0, 0.05) is 0 Å². The first-order valence-electron chi connectivity index (χ1n) is 0.944. The van der Waals surface area contributed by atoms with Crippen molar-refractivity contribution >= 4 is 17.3 Å². The summed E-state index contributed by atoms with van der Waals surface area (Å²) >= 11 is -2.61. The van der Waals surface area contributed by atoms with E-state index in [0.29, 0.717) is 0 Å². The third kappa shape index (κ3) is 3.49. The van der Waals surface area contributed by atoms with Gasteiger partial charge in [-0.05, 0) is 0 Å². The van der Waals surface area contributed by atoms with Crippen molar-refractivity contribution in [1.82, 2.24) is 0 Å². The molecule has 0 aromatic heterocycles. The van der Waals surface area contributed by atoms with Gasteiger partial charge < -0.3 is 4.55 Å². The smallest absolute Gasteiger partial charge is 0.248 e. The van der Waals surface area contributed by atoms with Crippen LogP contribution in [0.1, 0.15) is 0 Å². The summed E-state index contributed by atoms with van der Waals surface area (Å²) in [7, 11) is 0. The Morgan fingerprint density at radius 2 is 2.33 bits per heavy atom. The standard InChI is InChI=1S/CHNO3S/c3-1-2-6(4)5/h(H,4,5)/p-1. The fraction of sp³-hybridized carbons (Fsp3) is 0. The van der Waals surface area contributed by atoms with Crippen LogP contribution in [0.5, 0.6) is 0 Å². The van der Waals surface area contributed by atoms with Crippen LogP contribution in [0.2, 0.25) is 0 Å². The summed E-state index contributed by atoms with van der Waals surface area (Å²) in [4.78, 5) is 8.93. The minimum Gasteiger partial charge on any atom is -0.753 e. The summed E-state index contributed by atoms with van der Waals surface area (Å²) in [6.07, 6.45) is 0.829. The fourth-order valence-corrected chi connectivity index (χ4v) is 0.0913. The monoisotopic (exact) mass is 106 g/mol. The van der Waals surface area contributed by atoms with E-state index in [1.54, 1.807) is 0 Å². The average Bonchev–Trinajstić information content (AvgIpc) is 1.35. The van der Waals surface area contributed by atoms with E-state index < -0.39 is 11.3 Å². The molecule has 0 bridgehead atoms. The van der Waals surface area contributed by atoms with Gasteiger partial charge in [0.1, 0.15) is 0 Å². The van der Waals surface area contributed by atoms with Crippen LogP contribution in [0.4, 0.5) is 0 Å². The van der Waals surface area contributed by atoms with Gasteiger partial charge in [0.15, 0.2) is 0 Å². The molecule has 34 valence electrons. The molecule has 0 aliphatic carbocycles. The molecule has 0 aromatic rings. The molecule has 0 saturated heterocycles. The van der Waals surface area contributed by atoms with Gasteiger partial charge in [0.25, 0.3) is 0 Å². The molecule has 0 N–H and O–H groups in total. The van der Waals surface area contributed by atoms with E-state index in [0.717, 1.165) is 6.08 Å². The van der Waals surface area contributed by atoms with E-state index in [9.17, 15) is 8.76 Å². The van der Waals surface area contributed by atoms with Crippen LogP contribution in [0.15, 0.2) is 4.40 Å². The Morgan fingerprint density at radius 3 is 2.33 bits per heavy atom. The summed E-state index contributed by atoms with van der Waals surface area (Å²) in [6, 6.07) is 0. The first-order valence-corrected chi connectivity index (χ1v) is 1.98. The fourth-order valence-electron chi connectivity index (χ4n) is 0.0304. The molecule has 0 fully saturated rings. The number of hydrogen-bond donors (Lipinski definition) is 0. The highest BCUT2D eigenvalue weighted by Crippen LogP contribution is 1.64. The Hall–Kier alpha value is -0.510. The zero-order valence-electron chi connectivity index (χ0n) is 2.58. The minimum absolute atomic E-state index is 0.829. The lowest BCUT2D eigenvalue weighted by Gasteiger charge is -1.84. The van der Waals surface area contributed by atoms with Gasteiger partial charge in [0.05, 0.1) is 11.3 Å². The lowest BCUT2D eigenvalue weighted by Crippen LogP contribution is -1.74. The molecule has 0 aliphatic rings. The second-order valence-corrected chi connectivity index (χ2v) is 1.02. The van der Waals surface area contributed by atoms with Crippen LogP contribution in [0, 0.1) is 0 Å². The quantitative estimate of drug-likeness (QED) is 0.247. The highest BCUT2D eigenvalue weighted by molar-refractivity contribution is 7.77. The Labute approximate surface area is 36.3 Å². The molecule has 1 atom stereocenters. The van der Waals surface area contributed by atoms with Crippen LogP contribution in [0.3, 0.4) is 0 Å². The van der Waals surface area contributed by atoms with Crippen molar-refractivity contribution in [2.45, 2.75) is 0 Å². The van der Waals surface area contributed by atoms with E-state index in [1.807, 2.05) is 0 Å². The topological polar surface area (TPSA) is 69.6 Å². The van der Waals surface area contributed by atoms with Gasteiger partial charge in [-0.3, -0.25) is 0 Å². The highest BCUT2D eigenvalue weighted by Gasteiger charge is 1.59. The zero-order valence-corrected chi connectivity index (χ0v) is 3.40. The molecule has 0 radical (unpaired) electrons. The third-order valence-electron chi connectivity index (χ3n) is 0.112. The van der Waals surface area contributed by atoms with Gasteiger partial charge >= 0.3 is 0 Å². The minimum atomic E-state index is -2.61. The average molecular weight is 106 g/mol. The lowest BCUT2D eigenvalue weighted by molar-refractivity contribution is 0.535. The second kappa shape index (κ2) is 2.71. The van der Waals surface area contributed by atoms with E-state index >= 15 is 0 Å². The van der Waals surface area contributed by atoms with Gasteiger partial charge in [-0.25, -0.2) is 9.00 Å². The molecule has 5 heteroatoms. The van der Waals surface area contributed by atoms with Crippen molar-refractivity contribution in [2.75, 3.05) is 0 Å². The first kappa shape index (κ1) is 5.49. The predicted molar refractivity (Wildman–Crippen MR) is 17.0 cm³/mol. The van der Waals surface area contributed by atoms with Crippen molar-refractivity contribution in [3.63, 3.8) is 0 Å². The molecule has 6 heavy (non-hydrogen) atoms. The van der Waals surface area contributed by atoms with Crippen molar-refractivity contribution in [2.24, 2.45) is 4.40 Å². The van der Waals surface area contributed by atoms with Crippen LogP contribution in [-0.2, 0) is 16.1 Å². The van der Waals surface area contributed by atoms with Crippen LogP contribution >= 0.6 is 0 Å². The largest absolute Gasteiger partial charge is 0.753 e. The number of hydrogen-bond acceptors (Lipinski definition) is 3. The van der Waals surface area contributed by atoms with E-state index in [2.05, 4.69) is 4.40 Å². The van der Waals surface area contributed by atoms with Gasteiger partial charge in [0.2, 0.25) is 6.08 Å². The molecule has 0 heterocycles. The zero-order chi connectivity index (χ0) is 4.99. The normalized spacial score (nSPS) is 12.2. The van der Waals surface area contributed by atoms with Gasteiger partial charge in [-0.2, -0.15) is 0 Å². The summed E-state index contributed by atoms with van der Waals surface area (Å²) in [5.74, 6) is 0. The predicted octanol–water partition coefficient (Wildman–Crippen LogP) is -0.884. The van der Waals surface area contributed by atoms with Gasteiger partial charge in [-0.15, -0.1) is 4.40 Å². The van der Waals surface area contributed by atoms with E-state index in [-0.39, 0.29) is 0 Å². The maximum atomic E-state index is 9.17. The Morgan fingerprint density at radius 1 is 1.83 bits per heavy atom. The molecular weight excluding hydrogens is 106 g/mol. The number of nitrogens with zero attached hydrogens (tertiary/aromatic N) is 1. The summed E-state index contributed by atoms with van der Waals surface area (Å²) in [5, 5.41) is 0. The van der Waals surface area contributed by atoms with Crippen LogP contribution in [-0.4, -0.2) is 14.8 Å². The van der Waals surface area contributed by atoms with E-state index in [1.165, 1.54) is 0 Å². The Bertz CT molecular complexity index is 103. The molecule has 0 saturated carbocycles. The Balaban J connectivity index is 3.60. The molecule has 1 unspecified atom stereocenters. The SMILES string of the molecule is O=C=NS(=O)[O-]. The number of carbonyl (C=O) groups excluding carboxylic acids is 1. The molecule has 0 spiro atoms. The molecule has 0 aliphatic heterocycles. The van der Waals surface area contributed by atoms with Crippen LogP contribution in [0.25, 0.3) is 0 Å². The molecular formula is CNO3S-. The van der Waals surface area contributed by atoms with Crippen molar-refractivity contribution < 1.29 is 13.6 Å². The Kier molecular flexibility index (Phi) is 2.48. The number of isocyanates is 1. The first-order chi connectivity index (χ1) is 2.77. The lowest BCUT2D eigenvalue weighted by atomic mass is 11.7. The maximum Gasteiger partial charge on any atom is 0.248 e. The molecule has 0 amide bonds. The van der Waals surface area contributed by atoms with Gasteiger partial charge in [-0.1, -0.05) is 0 Å². The number of rotatable bonds is 1. The maximum absolute atomic E-state index is 9.17. The van der Waals surface area contributed by atoms with Crippen molar-refractivity contribution in [3.8, 4) is 0 Å². The summed E-state index contributed by atoms with van der Waals surface area (Å²) < 4.78 is 20.6. The molecule has 4 nitrogen and oxygen atoms in total. The third-order valence-corrected chi connectivity index (χ3v) is 0.335. The van der Waals surface area contributed by atoms with Crippen molar-refractivity contribution in [3.05, 3.63) is 0 Å². The highest BCUT2D eigenvalue weighted by atomic mass is 32.2. The molecule has 0 rings (SSSR count). The molecule has 0 aromatic carbocycles.